The average Bonchev–Trinajstić information content (AvgIpc) is 2.66. The Morgan fingerprint density at radius 1 is 0.885 bits per heavy atom. The summed E-state index contributed by atoms with van der Waals surface area (Å²) in [6, 6.07) is 25.5. The van der Waals surface area contributed by atoms with Crippen LogP contribution in [0.5, 0.6) is 0 Å². The van der Waals surface area contributed by atoms with Crippen molar-refractivity contribution in [3.05, 3.63) is 83.9 Å². The molecule has 0 spiro atoms. The standard InChI is InChI=1S/C21H18ClNOS2/c1-15(25-18-13-11-16(22)12-14-18)21(24)23-19-9-5-6-10-20(19)26-17-7-3-2-4-8-17/h2-15H,1H3,(H,23,24)/t15-/m1/s1. The Kier molecular flexibility index (Phi) is 6.67. The summed E-state index contributed by atoms with van der Waals surface area (Å²) in [5.74, 6) is -0.0222. The van der Waals surface area contributed by atoms with Gasteiger partial charge in [0.15, 0.2) is 0 Å². The predicted octanol–water partition coefficient (Wildman–Crippen LogP) is 6.61. The number of hydrogen-bond donors (Lipinski definition) is 1. The summed E-state index contributed by atoms with van der Waals surface area (Å²) in [6.45, 7) is 1.90. The molecule has 0 saturated carbocycles. The number of carbonyl (C=O) groups excluding carboxylic acids is 1. The first kappa shape index (κ1) is 18.9. The van der Waals surface area contributed by atoms with Gasteiger partial charge in [0, 0.05) is 19.7 Å². The van der Waals surface area contributed by atoms with Crippen LogP contribution in [0.3, 0.4) is 0 Å². The lowest BCUT2D eigenvalue weighted by atomic mass is 10.3. The van der Waals surface area contributed by atoms with Gasteiger partial charge < -0.3 is 5.32 Å². The minimum absolute atomic E-state index is 0.0222. The fourth-order valence-electron chi connectivity index (χ4n) is 2.28. The lowest BCUT2D eigenvalue weighted by Crippen LogP contribution is -2.22. The highest BCUT2D eigenvalue weighted by Gasteiger charge is 2.16. The number of benzene rings is 3. The summed E-state index contributed by atoms with van der Waals surface area (Å²) in [5.41, 5.74) is 0.829. The Labute approximate surface area is 167 Å². The van der Waals surface area contributed by atoms with Gasteiger partial charge in [0.05, 0.1) is 10.9 Å². The van der Waals surface area contributed by atoms with Gasteiger partial charge in [0.2, 0.25) is 5.91 Å². The second-order valence-electron chi connectivity index (χ2n) is 5.61. The van der Waals surface area contributed by atoms with Crippen molar-refractivity contribution in [1.82, 2.24) is 0 Å². The van der Waals surface area contributed by atoms with Crippen LogP contribution >= 0.6 is 35.1 Å². The molecule has 26 heavy (non-hydrogen) atoms. The van der Waals surface area contributed by atoms with Crippen molar-refractivity contribution in [2.45, 2.75) is 26.9 Å². The van der Waals surface area contributed by atoms with Crippen molar-refractivity contribution < 1.29 is 4.79 Å². The van der Waals surface area contributed by atoms with Gasteiger partial charge in [-0.3, -0.25) is 4.79 Å². The summed E-state index contributed by atoms with van der Waals surface area (Å²) in [6.07, 6.45) is 0. The molecule has 0 aliphatic rings. The molecule has 3 aromatic carbocycles. The van der Waals surface area contributed by atoms with Gasteiger partial charge in [-0.1, -0.05) is 53.7 Å². The number of anilines is 1. The van der Waals surface area contributed by atoms with Gasteiger partial charge >= 0.3 is 0 Å². The Morgan fingerprint density at radius 3 is 2.27 bits per heavy atom. The third kappa shape index (κ3) is 5.31. The highest BCUT2D eigenvalue weighted by atomic mass is 35.5. The molecule has 0 saturated heterocycles. The summed E-state index contributed by atoms with van der Waals surface area (Å²) < 4.78 is 0. The van der Waals surface area contributed by atoms with Crippen LogP contribution in [0.15, 0.2) is 93.5 Å². The lowest BCUT2D eigenvalue weighted by molar-refractivity contribution is -0.115. The van der Waals surface area contributed by atoms with Gasteiger partial charge in [0.25, 0.3) is 0 Å². The fourth-order valence-corrected chi connectivity index (χ4v) is 4.20. The van der Waals surface area contributed by atoms with Crippen molar-refractivity contribution in [2.75, 3.05) is 5.32 Å². The second kappa shape index (κ2) is 9.17. The minimum Gasteiger partial charge on any atom is -0.324 e. The normalized spacial score (nSPS) is 11.8. The number of thioether (sulfide) groups is 1. The molecular weight excluding hydrogens is 382 g/mol. The van der Waals surface area contributed by atoms with Crippen LogP contribution in [0.4, 0.5) is 5.69 Å². The van der Waals surface area contributed by atoms with E-state index >= 15 is 0 Å². The van der Waals surface area contributed by atoms with E-state index in [0.29, 0.717) is 5.02 Å². The smallest absolute Gasteiger partial charge is 0.237 e. The first-order valence-electron chi connectivity index (χ1n) is 8.17. The highest BCUT2D eigenvalue weighted by Crippen LogP contribution is 2.34. The summed E-state index contributed by atoms with van der Waals surface area (Å²) >= 11 is 9.06. The molecule has 3 aromatic rings. The molecule has 3 rings (SSSR count). The number of hydrogen-bond acceptors (Lipinski definition) is 3. The Balaban J connectivity index is 1.68. The molecule has 0 fully saturated rings. The molecular formula is C21H18ClNOS2. The van der Waals surface area contributed by atoms with Crippen molar-refractivity contribution in [3.8, 4) is 0 Å². The molecule has 1 atom stereocenters. The maximum absolute atomic E-state index is 12.6. The van der Waals surface area contributed by atoms with Crippen LogP contribution in [-0.2, 0) is 4.79 Å². The minimum atomic E-state index is -0.217. The Hall–Kier alpha value is -1.88. The zero-order valence-corrected chi connectivity index (χ0v) is 16.6. The largest absolute Gasteiger partial charge is 0.324 e. The van der Waals surface area contributed by atoms with Crippen LogP contribution in [0.1, 0.15) is 6.92 Å². The molecule has 1 N–H and O–H groups in total. The topological polar surface area (TPSA) is 29.1 Å². The van der Waals surface area contributed by atoms with Crippen molar-refractivity contribution in [3.63, 3.8) is 0 Å². The van der Waals surface area contributed by atoms with Crippen LogP contribution in [0, 0.1) is 0 Å². The monoisotopic (exact) mass is 399 g/mol. The number of rotatable bonds is 6. The molecule has 0 aliphatic heterocycles. The van der Waals surface area contributed by atoms with E-state index in [2.05, 4.69) is 17.4 Å². The molecule has 2 nitrogen and oxygen atoms in total. The zero-order valence-electron chi connectivity index (χ0n) is 14.2. The third-order valence-electron chi connectivity index (χ3n) is 3.61. The predicted molar refractivity (Wildman–Crippen MR) is 112 cm³/mol. The fraction of sp³-hybridized carbons (Fsp3) is 0.0952. The number of carbonyl (C=O) groups is 1. The van der Waals surface area contributed by atoms with E-state index in [1.807, 2.05) is 73.7 Å². The van der Waals surface area contributed by atoms with E-state index in [0.717, 1.165) is 20.4 Å². The molecule has 0 heterocycles. The van der Waals surface area contributed by atoms with E-state index in [1.165, 1.54) is 11.8 Å². The van der Waals surface area contributed by atoms with Gasteiger partial charge in [-0.2, -0.15) is 0 Å². The maximum Gasteiger partial charge on any atom is 0.237 e. The lowest BCUT2D eigenvalue weighted by Gasteiger charge is -2.14. The van der Waals surface area contributed by atoms with E-state index < -0.39 is 0 Å². The number of nitrogens with one attached hydrogen (secondary N) is 1. The van der Waals surface area contributed by atoms with Crippen LogP contribution in [0.2, 0.25) is 5.02 Å². The van der Waals surface area contributed by atoms with Crippen molar-refractivity contribution in [2.24, 2.45) is 0 Å². The van der Waals surface area contributed by atoms with E-state index in [4.69, 9.17) is 11.6 Å². The first-order valence-corrected chi connectivity index (χ1v) is 10.2. The molecule has 0 bridgehead atoms. The summed E-state index contributed by atoms with van der Waals surface area (Å²) in [5, 5.41) is 3.53. The molecule has 0 unspecified atom stereocenters. The van der Waals surface area contributed by atoms with Crippen LogP contribution < -0.4 is 5.32 Å². The molecule has 1 amide bonds. The SMILES string of the molecule is C[C@@H](Sc1ccc(Cl)cc1)C(=O)Nc1ccccc1Sc1ccccc1. The van der Waals surface area contributed by atoms with Gasteiger partial charge in [0.1, 0.15) is 0 Å². The Bertz CT molecular complexity index is 869. The molecule has 132 valence electrons. The van der Waals surface area contributed by atoms with E-state index in [1.54, 1.807) is 11.8 Å². The van der Waals surface area contributed by atoms with Gasteiger partial charge in [-0.25, -0.2) is 0 Å². The van der Waals surface area contributed by atoms with E-state index in [9.17, 15) is 4.79 Å². The molecule has 0 aliphatic carbocycles. The van der Waals surface area contributed by atoms with Gasteiger partial charge in [-0.15, -0.1) is 11.8 Å². The third-order valence-corrected chi connectivity index (χ3v) is 6.06. The van der Waals surface area contributed by atoms with Crippen molar-refractivity contribution >= 4 is 46.7 Å². The van der Waals surface area contributed by atoms with Gasteiger partial charge in [-0.05, 0) is 55.5 Å². The molecule has 0 radical (unpaired) electrons. The number of amides is 1. The summed E-state index contributed by atoms with van der Waals surface area (Å²) in [4.78, 5) is 15.8. The van der Waals surface area contributed by atoms with Crippen LogP contribution in [-0.4, -0.2) is 11.2 Å². The van der Waals surface area contributed by atoms with Crippen LogP contribution in [0.25, 0.3) is 0 Å². The quantitative estimate of drug-likeness (QED) is 0.473. The number of halogens is 1. The van der Waals surface area contributed by atoms with E-state index in [-0.39, 0.29) is 11.2 Å². The molecule has 0 aromatic heterocycles. The highest BCUT2D eigenvalue weighted by molar-refractivity contribution is 8.00. The summed E-state index contributed by atoms with van der Waals surface area (Å²) in [7, 11) is 0. The Morgan fingerprint density at radius 2 is 1.54 bits per heavy atom. The first-order chi connectivity index (χ1) is 12.6. The average molecular weight is 400 g/mol. The second-order valence-corrected chi connectivity index (χ2v) is 8.58. The number of para-hydroxylation sites is 1. The maximum atomic E-state index is 12.6. The molecule has 5 heteroatoms. The van der Waals surface area contributed by atoms with Crippen molar-refractivity contribution in [1.29, 1.82) is 0 Å². The zero-order chi connectivity index (χ0) is 18.4.